The van der Waals surface area contributed by atoms with Gasteiger partial charge in [-0.05, 0) is 30.4 Å². The average molecular weight is 540 g/mol. The Bertz CT molecular complexity index is 1070. The molecule has 4 aliphatic rings. The van der Waals surface area contributed by atoms with Crippen molar-refractivity contribution >= 4 is 39.6 Å². The van der Waals surface area contributed by atoms with Gasteiger partial charge in [0, 0.05) is 43.4 Å². The molecule has 0 saturated carbocycles. The quantitative estimate of drug-likeness (QED) is 0.558. The molecule has 1 amide bonds. The Hall–Kier alpha value is -2.32. The Morgan fingerprint density at radius 3 is 2.57 bits per heavy atom. The third-order valence-electron chi connectivity index (χ3n) is 7.98. The highest BCUT2D eigenvalue weighted by molar-refractivity contribution is 9.10. The van der Waals surface area contributed by atoms with E-state index in [0.29, 0.717) is 12.4 Å². The minimum atomic E-state index is -0.274. The number of rotatable bonds is 4. The lowest BCUT2D eigenvalue weighted by Crippen LogP contribution is -2.55. The molecule has 35 heavy (non-hydrogen) atoms. The highest BCUT2D eigenvalue weighted by Gasteiger charge is 2.52. The van der Waals surface area contributed by atoms with Crippen LogP contribution in [0.4, 0.5) is 0 Å². The van der Waals surface area contributed by atoms with Gasteiger partial charge in [0.2, 0.25) is 5.91 Å². The van der Waals surface area contributed by atoms with E-state index < -0.39 is 0 Å². The molecule has 0 spiro atoms. The Labute approximate surface area is 216 Å². The molecule has 1 aromatic carbocycles. The fourth-order valence-electron chi connectivity index (χ4n) is 5.72. The summed E-state index contributed by atoms with van der Waals surface area (Å²) in [5.74, 6) is 1.05. The Kier molecular flexibility index (Phi) is 6.70. The van der Waals surface area contributed by atoms with Crippen LogP contribution < -0.4 is 5.43 Å². The van der Waals surface area contributed by atoms with E-state index in [9.17, 15) is 4.79 Å². The lowest BCUT2D eigenvalue weighted by molar-refractivity contribution is -0.135. The molecule has 0 aromatic heterocycles. The molecule has 4 aliphatic heterocycles. The summed E-state index contributed by atoms with van der Waals surface area (Å²) in [6, 6.07) is 10.6. The number of likely N-dealkylation sites (tertiary alicyclic amines) is 1. The number of hydrazine groups is 1. The summed E-state index contributed by atoms with van der Waals surface area (Å²) < 4.78 is 0. The lowest BCUT2D eigenvalue weighted by Gasteiger charge is -2.42. The topological polar surface area (TPSA) is 84.2 Å². The van der Waals surface area contributed by atoms with Crippen molar-refractivity contribution in [3.63, 3.8) is 0 Å². The first kappa shape index (κ1) is 24.4. The molecular formula is C27H35BrN6O. The number of aliphatic imine (C=N–C) groups is 2. The maximum atomic E-state index is 12.4. The Morgan fingerprint density at radius 2 is 1.94 bits per heavy atom. The summed E-state index contributed by atoms with van der Waals surface area (Å²) in [5.41, 5.74) is 6.65. The standard InChI is InChI=1S/C27H35BrN6O/c1-17(2)25(35)33-13-11-19(12-14-33)23-22(28)24(29)34-26(32-23)27(3,16-31-34)20-9-10-21(30-15-20)18-7-5-4-6-8-18/h4-9,15,17,19,21-22,26,29,31H,10-14,16H2,1-3H3. The molecule has 5 rings (SSSR count). The van der Waals surface area contributed by atoms with Gasteiger partial charge >= 0.3 is 0 Å². The van der Waals surface area contributed by atoms with Crippen LogP contribution in [-0.2, 0) is 4.79 Å². The number of piperidine rings is 1. The molecule has 0 aliphatic carbocycles. The van der Waals surface area contributed by atoms with Gasteiger partial charge in [0.1, 0.15) is 16.8 Å². The molecule has 8 heteroatoms. The van der Waals surface area contributed by atoms with E-state index in [1.54, 1.807) is 0 Å². The maximum absolute atomic E-state index is 12.4. The second-order valence-electron chi connectivity index (χ2n) is 10.7. The van der Waals surface area contributed by atoms with Crippen LogP contribution in [0.15, 0.2) is 52.0 Å². The van der Waals surface area contributed by atoms with Gasteiger partial charge in [-0.1, -0.05) is 73.1 Å². The number of hydrogen-bond acceptors (Lipinski definition) is 5. The van der Waals surface area contributed by atoms with Gasteiger partial charge in [-0.15, -0.1) is 0 Å². The summed E-state index contributed by atoms with van der Waals surface area (Å²) in [7, 11) is 0. The molecule has 2 fully saturated rings. The van der Waals surface area contributed by atoms with Gasteiger partial charge in [-0.3, -0.25) is 25.2 Å². The molecule has 186 valence electrons. The second-order valence-corrected chi connectivity index (χ2v) is 11.6. The van der Waals surface area contributed by atoms with Gasteiger partial charge in [-0.2, -0.15) is 0 Å². The minimum absolute atomic E-state index is 0.0291. The zero-order chi connectivity index (χ0) is 24.7. The van der Waals surface area contributed by atoms with Gasteiger partial charge in [0.05, 0.1) is 11.5 Å². The monoisotopic (exact) mass is 538 g/mol. The van der Waals surface area contributed by atoms with E-state index in [1.165, 1.54) is 11.1 Å². The van der Waals surface area contributed by atoms with Crippen LogP contribution in [0.25, 0.3) is 0 Å². The van der Waals surface area contributed by atoms with Crippen LogP contribution in [0, 0.1) is 22.7 Å². The maximum Gasteiger partial charge on any atom is 0.225 e. The van der Waals surface area contributed by atoms with Crippen LogP contribution in [0.3, 0.4) is 0 Å². The van der Waals surface area contributed by atoms with Crippen molar-refractivity contribution < 1.29 is 4.79 Å². The lowest BCUT2D eigenvalue weighted by atomic mass is 9.77. The molecule has 0 bridgehead atoms. The normalized spacial score (nSPS) is 31.5. The summed E-state index contributed by atoms with van der Waals surface area (Å²) in [6.45, 7) is 8.39. The number of nitrogens with zero attached hydrogens (tertiary/aromatic N) is 4. The van der Waals surface area contributed by atoms with Crippen molar-refractivity contribution in [3.05, 3.63) is 47.5 Å². The minimum Gasteiger partial charge on any atom is -0.342 e. The fourth-order valence-corrected chi connectivity index (χ4v) is 6.44. The first-order valence-corrected chi connectivity index (χ1v) is 13.6. The number of amidine groups is 1. The summed E-state index contributed by atoms with van der Waals surface area (Å²) in [6.07, 6.45) is 6.82. The number of dihydropyridines is 1. The predicted molar refractivity (Wildman–Crippen MR) is 144 cm³/mol. The van der Waals surface area contributed by atoms with Gasteiger partial charge in [-0.25, -0.2) is 5.43 Å². The molecule has 7 nitrogen and oxygen atoms in total. The van der Waals surface area contributed by atoms with E-state index >= 15 is 0 Å². The Morgan fingerprint density at radius 1 is 1.23 bits per heavy atom. The first-order valence-electron chi connectivity index (χ1n) is 12.7. The number of benzene rings is 1. The highest BCUT2D eigenvalue weighted by Crippen LogP contribution is 2.43. The largest absolute Gasteiger partial charge is 0.342 e. The fraction of sp³-hybridized carbons (Fsp3) is 0.556. The second kappa shape index (κ2) is 9.62. The van der Waals surface area contributed by atoms with Crippen molar-refractivity contribution in [2.45, 2.75) is 57.1 Å². The van der Waals surface area contributed by atoms with Gasteiger partial charge in [0.25, 0.3) is 0 Å². The molecule has 4 heterocycles. The zero-order valence-corrected chi connectivity index (χ0v) is 22.3. The average Bonchev–Trinajstić information content (AvgIpc) is 3.24. The van der Waals surface area contributed by atoms with E-state index in [1.807, 2.05) is 36.0 Å². The smallest absolute Gasteiger partial charge is 0.225 e. The van der Waals surface area contributed by atoms with Crippen molar-refractivity contribution in [2.75, 3.05) is 19.6 Å². The van der Waals surface area contributed by atoms with Crippen molar-refractivity contribution in [1.82, 2.24) is 15.3 Å². The van der Waals surface area contributed by atoms with Crippen LogP contribution in [0.1, 0.15) is 51.6 Å². The van der Waals surface area contributed by atoms with Crippen molar-refractivity contribution in [2.24, 2.45) is 27.2 Å². The van der Waals surface area contributed by atoms with Crippen molar-refractivity contribution in [1.29, 1.82) is 5.41 Å². The summed E-state index contributed by atoms with van der Waals surface area (Å²) in [5, 5.41) is 10.8. The number of nitrogens with one attached hydrogen (secondary N) is 2. The third-order valence-corrected chi connectivity index (χ3v) is 8.88. The molecule has 4 atom stereocenters. The van der Waals surface area contributed by atoms with E-state index in [4.69, 9.17) is 15.4 Å². The third kappa shape index (κ3) is 4.40. The van der Waals surface area contributed by atoms with E-state index in [-0.39, 0.29) is 40.2 Å². The van der Waals surface area contributed by atoms with Crippen LogP contribution in [0.2, 0.25) is 0 Å². The van der Waals surface area contributed by atoms with Crippen LogP contribution in [-0.4, -0.2) is 64.2 Å². The number of halogens is 1. The van der Waals surface area contributed by atoms with E-state index in [2.05, 4.69) is 58.6 Å². The molecule has 2 saturated heterocycles. The Balaban J connectivity index is 1.35. The zero-order valence-electron chi connectivity index (χ0n) is 20.7. The van der Waals surface area contributed by atoms with Gasteiger partial charge < -0.3 is 4.90 Å². The number of amides is 1. The molecule has 1 aromatic rings. The number of alkyl halides is 1. The number of hydrogen-bond donors (Lipinski definition) is 2. The molecule has 4 unspecified atom stereocenters. The number of carbonyl (C=O) groups excluding carboxylic acids is 1. The highest BCUT2D eigenvalue weighted by atomic mass is 79.9. The van der Waals surface area contributed by atoms with Crippen molar-refractivity contribution in [3.8, 4) is 0 Å². The van der Waals surface area contributed by atoms with Crippen LogP contribution >= 0.6 is 15.9 Å². The summed E-state index contributed by atoms with van der Waals surface area (Å²) >= 11 is 3.77. The molecule has 2 N–H and O–H groups in total. The number of fused-ring (bicyclic) bond motifs is 1. The van der Waals surface area contributed by atoms with Gasteiger partial charge in [0.15, 0.2) is 0 Å². The number of carbonyl (C=O) groups is 1. The molecule has 0 radical (unpaired) electrons. The van der Waals surface area contributed by atoms with Crippen LogP contribution in [0.5, 0.6) is 0 Å². The summed E-state index contributed by atoms with van der Waals surface area (Å²) in [4.78, 5) is 24.4. The SMILES string of the molecule is CC(C)C(=O)N1CCC(C2=NC3N(NCC3(C)C3=CCC(c4ccccc4)N=C3)C(=N)C2Br)CC1. The molecular weight excluding hydrogens is 504 g/mol. The predicted octanol–water partition coefficient (Wildman–Crippen LogP) is 4.37. The van der Waals surface area contributed by atoms with E-state index in [0.717, 1.165) is 38.1 Å². The first-order chi connectivity index (χ1) is 16.8.